The van der Waals surface area contributed by atoms with Gasteiger partial charge in [-0.05, 0) is 44.6 Å². The van der Waals surface area contributed by atoms with E-state index in [-0.39, 0.29) is 0 Å². The Morgan fingerprint density at radius 3 is 2.67 bits per heavy atom. The van der Waals surface area contributed by atoms with Gasteiger partial charge in [-0.15, -0.1) is 0 Å². The lowest BCUT2D eigenvalue weighted by atomic mass is 9.92. The molecule has 4 amide bonds. The number of benzene rings is 1. The van der Waals surface area contributed by atoms with E-state index in [4.69, 9.17) is 4.74 Å². The first-order chi connectivity index (χ1) is 14.4. The molecule has 3 rings (SSSR count). The van der Waals surface area contributed by atoms with E-state index >= 15 is 0 Å². The van der Waals surface area contributed by atoms with E-state index in [1.165, 1.54) is 18.4 Å². The molecule has 0 bridgehead atoms. The average molecular weight is 413 g/mol. The molecule has 2 aliphatic rings. The number of allylic oxidation sites excluding steroid dienone is 1. The minimum Gasteiger partial charge on any atom is -0.454 e. The van der Waals surface area contributed by atoms with Gasteiger partial charge < -0.3 is 15.4 Å². The Kier molecular flexibility index (Phi) is 6.87. The summed E-state index contributed by atoms with van der Waals surface area (Å²) in [5.74, 6) is -1.77. The SMILES string of the molecule is C[C@@]1(c2ccccc2)NC(=O)N(CC(=O)OCC(=O)NCCC2=CCCCC2)C1=O. The Bertz CT molecular complexity index is 852. The van der Waals surface area contributed by atoms with Gasteiger partial charge in [0.15, 0.2) is 6.61 Å². The summed E-state index contributed by atoms with van der Waals surface area (Å²) < 4.78 is 4.94. The van der Waals surface area contributed by atoms with Crippen molar-refractivity contribution in [2.75, 3.05) is 19.7 Å². The molecule has 2 N–H and O–H groups in total. The number of carbonyl (C=O) groups excluding carboxylic acids is 4. The van der Waals surface area contributed by atoms with Crippen molar-refractivity contribution < 1.29 is 23.9 Å². The molecular weight excluding hydrogens is 386 g/mol. The summed E-state index contributed by atoms with van der Waals surface area (Å²) in [6.07, 6.45) is 7.57. The van der Waals surface area contributed by atoms with Crippen molar-refractivity contribution in [3.05, 3.63) is 47.5 Å². The summed E-state index contributed by atoms with van der Waals surface area (Å²) in [7, 11) is 0. The summed E-state index contributed by atoms with van der Waals surface area (Å²) in [5.41, 5.74) is 0.717. The van der Waals surface area contributed by atoms with E-state index < -0.39 is 42.5 Å². The first-order valence-electron chi connectivity index (χ1n) is 10.2. The third-order valence-corrected chi connectivity index (χ3v) is 5.43. The van der Waals surface area contributed by atoms with Crippen LogP contribution in [-0.4, -0.2) is 48.4 Å². The maximum Gasteiger partial charge on any atom is 0.326 e. The van der Waals surface area contributed by atoms with E-state index in [2.05, 4.69) is 16.7 Å². The second-order valence-electron chi connectivity index (χ2n) is 7.68. The van der Waals surface area contributed by atoms with E-state index in [0.717, 1.165) is 24.2 Å². The number of nitrogens with one attached hydrogen (secondary N) is 2. The van der Waals surface area contributed by atoms with Crippen molar-refractivity contribution in [1.82, 2.24) is 15.5 Å². The number of ether oxygens (including phenoxy) is 1. The van der Waals surface area contributed by atoms with Gasteiger partial charge in [0.25, 0.3) is 11.8 Å². The fraction of sp³-hybridized carbons (Fsp3) is 0.455. The van der Waals surface area contributed by atoms with Crippen LogP contribution < -0.4 is 10.6 Å². The average Bonchev–Trinajstić information content (AvgIpc) is 2.97. The Morgan fingerprint density at radius 2 is 1.97 bits per heavy atom. The maximum absolute atomic E-state index is 12.8. The molecule has 0 aromatic heterocycles. The number of amides is 4. The number of rotatable bonds is 8. The molecule has 8 nitrogen and oxygen atoms in total. The van der Waals surface area contributed by atoms with Crippen LogP contribution >= 0.6 is 0 Å². The smallest absolute Gasteiger partial charge is 0.326 e. The van der Waals surface area contributed by atoms with Crippen molar-refractivity contribution in [3.8, 4) is 0 Å². The highest BCUT2D eigenvalue weighted by molar-refractivity contribution is 6.08. The Labute approximate surface area is 175 Å². The molecule has 1 aromatic rings. The van der Waals surface area contributed by atoms with E-state index in [1.807, 2.05) is 0 Å². The monoisotopic (exact) mass is 413 g/mol. The summed E-state index contributed by atoms with van der Waals surface area (Å²) in [5, 5.41) is 5.34. The fourth-order valence-electron chi connectivity index (χ4n) is 3.67. The zero-order chi connectivity index (χ0) is 21.6. The Hall–Kier alpha value is -3.16. The number of hydrogen-bond donors (Lipinski definition) is 2. The molecule has 1 heterocycles. The molecule has 1 atom stereocenters. The zero-order valence-electron chi connectivity index (χ0n) is 17.1. The highest BCUT2D eigenvalue weighted by Crippen LogP contribution is 2.28. The quantitative estimate of drug-likeness (QED) is 0.385. The van der Waals surface area contributed by atoms with Crippen LogP contribution in [0.15, 0.2) is 42.0 Å². The van der Waals surface area contributed by atoms with Gasteiger partial charge >= 0.3 is 12.0 Å². The van der Waals surface area contributed by atoms with Gasteiger partial charge in [0.2, 0.25) is 0 Å². The molecule has 160 valence electrons. The molecule has 0 saturated carbocycles. The Morgan fingerprint density at radius 1 is 1.20 bits per heavy atom. The normalized spacial score (nSPS) is 21.1. The highest BCUT2D eigenvalue weighted by atomic mass is 16.5. The first-order valence-corrected chi connectivity index (χ1v) is 10.2. The molecule has 1 saturated heterocycles. The van der Waals surface area contributed by atoms with Gasteiger partial charge in [0, 0.05) is 6.54 Å². The van der Waals surface area contributed by atoms with Crippen molar-refractivity contribution in [1.29, 1.82) is 0 Å². The predicted octanol–water partition coefficient (Wildman–Crippen LogP) is 2.00. The lowest BCUT2D eigenvalue weighted by molar-refractivity contribution is -0.151. The van der Waals surface area contributed by atoms with Crippen LogP contribution in [0.2, 0.25) is 0 Å². The van der Waals surface area contributed by atoms with Crippen LogP contribution in [0, 0.1) is 0 Å². The third-order valence-electron chi connectivity index (χ3n) is 5.43. The van der Waals surface area contributed by atoms with Gasteiger partial charge in [-0.3, -0.25) is 19.3 Å². The molecule has 0 spiro atoms. The lowest BCUT2D eigenvalue weighted by Gasteiger charge is -2.21. The van der Waals surface area contributed by atoms with Gasteiger partial charge in [-0.25, -0.2) is 4.79 Å². The van der Waals surface area contributed by atoms with Crippen LogP contribution in [0.1, 0.15) is 44.6 Å². The topological polar surface area (TPSA) is 105 Å². The van der Waals surface area contributed by atoms with Crippen LogP contribution in [0.4, 0.5) is 4.79 Å². The van der Waals surface area contributed by atoms with Crippen LogP contribution in [0.3, 0.4) is 0 Å². The molecule has 1 aliphatic carbocycles. The first kappa shape index (κ1) is 21.5. The lowest BCUT2D eigenvalue weighted by Crippen LogP contribution is -2.42. The van der Waals surface area contributed by atoms with Gasteiger partial charge in [0.1, 0.15) is 12.1 Å². The molecule has 1 aliphatic heterocycles. The number of nitrogens with zero attached hydrogens (tertiary/aromatic N) is 1. The summed E-state index contributed by atoms with van der Waals surface area (Å²) in [6.45, 7) is 1.08. The van der Waals surface area contributed by atoms with Gasteiger partial charge in [-0.2, -0.15) is 0 Å². The van der Waals surface area contributed by atoms with Gasteiger partial charge in [-0.1, -0.05) is 42.0 Å². The number of esters is 1. The number of carbonyl (C=O) groups is 4. The standard InChI is InChI=1S/C22H27N3O5/c1-22(17-10-6-3-7-11-17)20(28)25(21(29)24-22)14-19(27)30-15-18(26)23-13-12-16-8-4-2-5-9-16/h3,6-8,10-11H,2,4-5,9,12-15H2,1H3,(H,23,26)(H,24,29)/t22-/m0/s1. The van der Waals surface area contributed by atoms with Crippen molar-refractivity contribution in [2.45, 2.75) is 44.6 Å². The third kappa shape index (κ3) is 5.06. The van der Waals surface area contributed by atoms with E-state index in [0.29, 0.717) is 12.1 Å². The molecule has 0 radical (unpaired) electrons. The van der Waals surface area contributed by atoms with Crippen molar-refractivity contribution >= 4 is 23.8 Å². The minimum absolute atomic E-state index is 0.411. The van der Waals surface area contributed by atoms with Gasteiger partial charge in [0.05, 0.1) is 0 Å². The second kappa shape index (κ2) is 9.56. The predicted molar refractivity (Wildman–Crippen MR) is 109 cm³/mol. The van der Waals surface area contributed by atoms with Crippen LogP contribution in [0.25, 0.3) is 0 Å². The number of urea groups is 1. The Balaban J connectivity index is 1.44. The molecular formula is C22H27N3O5. The molecule has 8 heteroatoms. The summed E-state index contributed by atoms with van der Waals surface area (Å²) in [6, 6.07) is 8.12. The largest absolute Gasteiger partial charge is 0.454 e. The maximum atomic E-state index is 12.8. The van der Waals surface area contributed by atoms with Crippen molar-refractivity contribution in [2.24, 2.45) is 0 Å². The number of hydrogen-bond acceptors (Lipinski definition) is 5. The number of imide groups is 1. The minimum atomic E-state index is -1.25. The van der Waals surface area contributed by atoms with Crippen molar-refractivity contribution in [3.63, 3.8) is 0 Å². The molecule has 1 aromatic carbocycles. The molecule has 30 heavy (non-hydrogen) atoms. The zero-order valence-corrected chi connectivity index (χ0v) is 17.1. The molecule has 1 fully saturated rings. The van der Waals surface area contributed by atoms with Crippen LogP contribution in [0.5, 0.6) is 0 Å². The summed E-state index contributed by atoms with van der Waals surface area (Å²) in [4.78, 5) is 49.8. The molecule has 0 unspecified atom stereocenters. The fourth-order valence-corrected chi connectivity index (χ4v) is 3.67. The highest BCUT2D eigenvalue weighted by Gasteiger charge is 2.49. The van der Waals surface area contributed by atoms with E-state index in [9.17, 15) is 19.2 Å². The van der Waals surface area contributed by atoms with Crippen LogP contribution in [-0.2, 0) is 24.7 Å². The second-order valence-corrected chi connectivity index (χ2v) is 7.68. The van der Waals surface area contributed by atoms with E-state index in [1.54, 1.807) is 37.3 Å². The summed E-state index contributed by atoms with van der Waals surface area (Å²) >= 11 is 0.